The highest BCUT2D eigenvalue weighted by atomic mass is 79.9. The molecule has 0 radical (unpaired) electrons. The van der Waals surface area contributed by atoms with Gasteiger partial charge >= 0.3 is 6.03 Å². The molecule has 1 heterocycles. The zero-order valence-electron chi connectivity index (χ0n) is 15.8. The maximum atomic E-state index is 13.1. The van der Waals surface area contributed by atoms with Crippen LogP contribution < -0.4 is 15.5 Å². The number of nitrogens with one attached hydrogen (secondary N) is 2. The van der Waals surface area contributed by atoms with Crippen LogP contribution in [0.3, 0.4) is 0 Å². The fourth-order valence-corrected chi connectivity index (χ4v) is 3.53. The van der Waals surface area contributed by atoms with E-state index in [1.807, 2.05) is 63.2 Å². The van der Waals surface area contributed by atoms with Crippen LogP contribution >= 0.6 is 15.9 Å². The molecule has 0 aromatic heterocycles. The van der Waals surface area contributed by atoms with E-state index in [1.54, 1.807) is 4.90 Å². The van der Waals surface area contributed by atoms with E-state index in [9.17, 15) is 9.59 Å². The molecule has 6 heteroatoms. The Morgan fingerprint density at radius 1 is 1.15 bits per heavy atom. The molecular formula is C21H24BrN3O2. The minimum Gasteiger partial charge on any atom is -0.326 e. The molecule has 3 amide bonds. The van der Waals surface area contributed by atoms with Crippen molar-refractivity contribution in [1.29, 1.82) is 0 Å². The van der Waals surface area contributed by atoms with Crippen LogP contribution in [0, 0.1) is 12.8 Å². The largest absolute Gasteiger partial charge is 0.326 e. The number of amides is 3. The van der Waals surface area contributed by atoms with E-state index in [0.29, 0.717) is 12.2 Å². The van der Waals surface area contributed by atoms with Crippen LogP contribution in [-0.4, -0.2) is 24.5 Å². The number of carbonyl (C=O) groups excluding carboxylic acids is 2. The Bertz CT molecular complexity index is 866. The molecule has 0 bridgehead atoms. The number of carbonyl (C=O) groups is 2. The molecule has 2 aromatic rings. The smallest absolute Gasteiger partial charge is 0.319 e. The quantitative estimate of drug-likeness (QED) is 0.751. The van der Waals surface area contributed by atoms with Crippen molar-refractivity contribution in [3.63, 3.8) is 0 Å². The van der Waals surface area contributed by atoms with E-state index < -0.39 is 6.04 Å². The van der Waals surface area contributed by atoms with Gasteiger partial charge in [0, 0.05) is 22.4 Å². The Morgan fingerprint density at radius 2 is 1.89 bits per heavy atom. The van der Waals surface area contributed by atoms with E-state index in [0.717, 1.165) is 22.1 Å². The number of fused-ring (bicyclic) bond motifs is 1. The van der Waals surface area contributed by atoms with Crippen LogP contribution in [0.2, 0.25) is 0 Å². The fourth-order valence-electron chi connectivity index (χ4n) is 3.28. The zero-order valence-corrected chi connectivity index (χ0v) is 17.3. The van der Waals surface area contributed by atoms with Gasteiger partial charge in [0.1, 0.15) is 6.04 Å². The molecule has 1 atom stereocenters. The van der Waals surface area contributed by atoms with Gasteiger partial charge in [0.25, 0.3) is 0 Å². The average Bonchev–Trinajstić information content (AvgIpc) is 3.06. The maximum Gasteiger partial charge on any atom is 0.319 e. The van der Waals surface area contributed by atoms with Crippen molar-refractivity contribution in [3.05, 3.63) is 58.1 Å². The van der Waals surface area contributed by atoms with Gasteiger partial charge in [-0.2, -0.15) is 0 Å². The van der Waals surface area contributed by atoms with Crippen LogP contribution in [0.5, 0.6) is 0 Å². The molecule has 0 saturated carbocycles. The number of para-hydroxylation sites is 1. The third-order valence-corrected chi connectivity index (χ3v) is 5.68. The summed E-state index contributed by atoms with van der Waals surface area (Å²) in [6, 6.07) is 12.5. The predicted molar refractivity (Wildman–Crippen MR) is 112 cm³/mol. The molecule has 2 aromatic carbocycles. The minimum absolute atomic E-state index is 0.0253. The second-order valence-electron chi connectivity index (χ2n) is 7.15. The predicted octanol–water partition coefficient (Wildman–Crippen LogP) is 4.49. The van der Waals surface area contributed by atoms with Gasteiger partial charge in [0.15, 0.2) is 0 Å². The summed E-state index contributed by atoms with van der Waals surface area (Å²) >= 11 is 3.45. The maximum absolute atomic E-state index is 13.1. The molecule has 0 unspecified atom stereocenters. The van der Waals surface area contributed by atoms with Crippen molar-refractivity contribution in [2.75, 3.05) is 16.8 Å². The first kappa shape index (κ1) is 19.4. The van der Waals surface area contributed by atoms with Crippen molar-refractivity contribution < 1.29 is 9.59 Å². The monoisotopic (exact) mass is 429 g/mol. The molecule has 0 spiro atoms. The summed E-state index contributed by atoms with van der Waals surface area (Å²) in [7, 11) is 0. The van der Waals surface area contributed by atoms with Gasteiger partial charge in [-0.3, -0.25) is 4.79 Å². The Kier molecular flexibility index (Phi) is 5.85. The number of aryl methyl sites for hydroxylation is 1. The summed E-state index contributed by atoms with van der Waals surface area (Å²) in [4.78, 5) is 27.4. The van der Waals surface area contributed by atoms with Gasteiger partial charge in [0.2, 0.25) is 5.91 Å². The highest BCUT2D eigenvalue weighted by Gasteiger charge is 2.32. The summed E-state index contributed by atoms with van der Waals surface area (Å²) in [5.74, 6) is -0.0975. The van der Waals surface area contributed by atoms with Crippen molar-refractivity contribution in [3.8, 4) is 0 Å². The van der Waals surface area contributed by atoms with E-state index >= 15 is 0 Å². The van der Waals surface area contributed by atoms with E-state index in [-0.39, 0.29) is 17.9 Å². The van der Waals surface area contributed by atoms with Crippen molar-refractivity contribution in [1.82, 2.24) is 5.32 Å². The fraction of sp³-hybridized carbons (Fsp3) is 0.333. The minimum atomic E-state index is -0.590. The molecule has 1 aliphatic rings. The molecular weight excluding hydrogens is 406 g/mol. The average molecular weight is 430 g/mol. The summed E-state index contributed by atoms with van der Waals surface area (Å²) in [5, 5.41) is 5.67. The van der Waals surface area contributed by atoms with Crippen molar-refractivity contribution >= 4 is 39.2 Å². The second-order valence-corrected chi connectivity index (χ2v) is 8.01. The summed E-state index contributed by atoms with van der Waals surface area (Å²) in [6.45, 7) is 6.48. The van der Waals surface area contributed by atoms with Gasteiger partial charge < -0.3 is 15.5 Å². The lowest BCUT2D eigenvalue weighted by Crippen LogP contribution is -2.52. The SMILES string of the molecule is Cc1cc(NC(=O)N[C@@H](C(=O)N2CCc3ccccc32)C(C)C)ccc1Br. The lowest BCUT2D eigenvalue weighted by molar-refractivity contribution is -0.121. The Morgan fingerprint density at radius 3 is 2.59 bits per heavy atom. The third kappa shape index (κ3) is 4.33. The number of nitrogens with zero attached hydrogens (tertiary/aromatic N) is 1. The van der Waals surface area contributed by atoms with Crippen LogP contribution in [0.15, 0.2) is 46.9 Å². The molecule has 1 aliphatic heterocycles. The first-order valence-corrected chi connectivity index (χ1v) is 9.89. The van der Waals surface area contributed by atoms with Gasteiger partial charge in [-0.05, 0) is 54.7 Å². The molecule has 0 aliphatic carbocycles. The lowest BCUT2D eigenvalue weighted by atomic mass is 10.0. The zero-order chi connectivity index (χ0) is 19.6. The van der Waals surface area contributed by atoms with Crippen LogP contribution in [0.1, 0.15) is 25.0 Å². The Labute approximate surface area is 168 Å². The van der Waals surface area contributed by atoms with Gasteiger partial charge in [-0.15, -0.1) is 0 Å². The molecule has 0 saturated heterocycles. The Balaban J connectivity index is 1.71. The van der Waals surface area contributed by atoms with Crippen molar-refractivity contribution in [2.24, 2.45) is 5.92 Å². The first-order chi connectivity index (χ1) is 12.9. The molecule has 27 heavy (non-hydrogen) atoms. The number of benzene rings is 2. The van der Waals surface area contributed by atoms with E-state index in [4.69, 9.17) is 0 Å². The third-order valence-electron chi connectivity index (χ3n) is 4.79. The first-order valence-electron chi connectivity index (χ1n) is 9.09. The Hall–Kier alpha value is -2.34. The number of hydrogen-bond donors (Lipinski definition) is 2. The molecule has 0 fully saturated rings. The van der Waals surface area contributed by atoms with Crippen LogP contribution in [0.25, 0.3) is 0 Å². The topological polar surface area (TPSA) is 61.4 Å². The number of anilines is 2. The van der Waals surface area contributed by atoms with Gasteiger partial charge in [-0.1, -0.05) is 48.0 Å². The standard InChI is InChI=1S/C21H24BrN3O2/c1-13(2)19(20(26)25-11-10-15-6-4-5-7-18(15)25)24-21(27)23-16-8-9-17(22)14(3)12-16/h4-9,12-13,19H,10-11H2,1-3H3,(H2,23,24,27)/t19-/m1/s1. The van der Waals surface area contributed by atoms with E-state index in [2.05, 4.69) is 26.6 Å². The number of rotatable bonds is 4. The van der Waals surface area contributed by atoms with Crippen molar-refractivity contribution in [2.45, 2.75) is 33.2 Å². The van der Waals surface area contributed by atoms with Gasteiger partial charge in [0.05, 0.1) is 0 Å². The molecule has 5 nitrogen and oxygen atoms in total. The van der Waals surface area contributed by atoms with Crippen LogP contribution in [-0.2, 0) is 11.2 Å². The summed E-state index contributed by atoms with van der Waals surface area (Å²) in [6.07, 6.45) is 0.844. The highest BCUT2D eigenvalue weighted by Crippen LogP contribution is 2.28. The van der Waals surface area contributed by atoms with Gasteiger partial charge in [-0.25, -0.2) is 4.79 Å². The van der Waals surface area contributed by atoms with E-state index in [1.165, 1.54) is 5.56 Å². The molecule has 2 N–H and O–H groups in total. The number of halogens is 1. The summed E-state index contributed by atoms with van der Waals surface area (Å²) < 4.78 is 0.983. The number of hydrogen-bond acceptors (Lipinski definition) is 2. The second kappa shape index (κ2) is 8.13. The highest BCUT2D eigenvalue weighted by molar-refractivity contribution is 9.10. The molecule has 3 rings (SSSR count). The number of urea groups is 1. The lowest BCUT2D eigenvalue weighted by Gasteiger charge is -2.27. The summed E-state index contributed by atoms with van der Waals surface area (Å²) in [5.41, 5.74) is 3.83. The van der Waals surface area contributed by atoms with Crippen LogP contribution in [0.4, 0.5) is 16.2 Å². The normalized spacial score (nSPS) is 14.0. The molecule has 142 valence electrons.